The second-order valence-corrected chi connectivity index (χ2v) is 9.33. The molecular formula is C28H25FN4O2S. The van der Waals surface area contributed by atoms with Crippen molar-refractivity contribution in [3.63, 3.8) is 0 Å². The molecule has 1 saturated heterocycles. The molecule has 1 aliphatic heterocycles. The smallest absolute Gasteiger partial charge is 0.335 e. The first-order valence-electron chi connectivity index (χ1n) is 11.6. The van der Waals surface area contributed by atoms with Crippen LogP contribution in [-0.4, -0.2) is 25.7 Å². The first kappa shape index (κ1) is 23.7. The second-order valence-electron chi connectivity index (χ2n) is 8.95. The highest BCUT2D eigenvalue weighted by molar-refractivity contribution is 7.80. The first-order chi connectivity index (χ1) is 17.3. The van der Waals surface area contributed by atoms with Crippen LogP contribution in [0.3, 0.4) is 0 Å². The Labute approximate surface area is 214 Å². The van der Waals surface area contributed by atoms with E-state index >= 15 is 0 Å². The number of thiocarbonyl (C=S) groups is 1. The molecule has 2 atom stereocenters. The Morgan fingerprint density at radius 3 is 2.53 bits per heavy atom. The summed E-state index contributed by atoms with van der Waals surface area (Å²) in [5.74, 6) is -1.25. The van der Waals surface area contributed by atoms with Gasteiger partial charge >= 0.3 is 5.97 Å². The van der Waals surface area contributed by atoms with Gasteiger partial charge in [0, 0.05) is 29.0 Å². The molecule has 182 valence electrons. The van der Waals surface area contributed by atoms with Crippen molar-refractivity contribution in [1.29, 1.82) is 0 Å². The fourth-order valence-electron chi connectivity index (χ4n) is 4.99. The van der Waals surface area contributed by atoms with Crippen LogP contribution < -0.4 is 10.2 Å². The van der Waals surface area contributed by atoms with E-state index in [1.807, 2.05) is 47.6 Å². The molecule has 0 unspecified atom stereocenters. The Hall–Kier alpha value is -4.04. The van der Waals surface area contributed by atoms with Crippen LogP contribution in [0.15, 0.2) is 72.9 Å². The van der Waals surface area contributed by atoms with Gasteiger partial charge in [-0.3, -0.25) is 4.98 Å². The van der Waals surface area contributed by atoms with E-state index in [2.05, 4.69) is 16.4 Å². The molecule has 1 fully saturated rings. The number of aromatic carboxylic acids is 1. The van der Waals surface area contributed by atoms with Crippen LogP contribution in [-0.2, 0) is 0 Å². The van der Waals surface area contributed by atoms with E-state index in [-0.39, 0.29) is 23.5 Å². The third kappa shape index (κ3) is 4.03. The third-order valence-corrected chi connectivity index (χ3v) is 6.97. The second kappa shape index (κ2) is 9.20. The Bertz CT molecular complexity index is 1480. The van der Waals surface area contributed by atoms with Crippen molar-refractivity contribution in [2.75, 3.05) is 4.90 Å². The zero-order chi connectivity index (χ0) is 25.6. The molecule has 1 aliphatic rings. The Morgan fingerprint density at radius 1 is 1.03 bits per heavy atom. The lowest BCUT2D eigenvalue weighted by atomic mass is 9.96. The number of aromatic nitrogens is 2. The Kier molecular flexibility index (Phi) is 6.05. The van der Waals surface area contributed by atoms with Gasteiger partial charge in [0.15, 0.2) is 5.11 Å². The average molecular weight is 501 g/mol. The number of hydrogen-bond donors (Lipinski definition) is 2. The molecule has 2 N–H and O–H groups in total. The van der Waals surface area contributed by atoms with Crippen LogP contribution in [0.25, 0.3) is 5.69 Å². The number of carbonyl (C=O) groups is 1. The van der Waals surface area contributed by atoms with Crippen molar-refractivity contribution in [3.05, 3.63) is 113 Å². The summed E-state index contributed by atoms with van der Waals surface area (Å²) in [6.07, 6.45) is 1.75. The lowest BCUT2D eigenvalue weighted by Gasteiger charge is -2.28. The van der Waals surface area contributed by atoms with Gasteiger partial charge in [0.25, 0.3) is 0 Å². The zero-order valence-electron chi connectivity index (χ0n) is 20.1. The molecule has 0 aliphatic carbocycles. The monoisotopic (exact) mass is 500 g/mol. The number of hydrogen-bond acceptors (Lipinski definition) is 3. The Morgan fingerprint density at radius 2 is 1.83 bits per heavy atom. The Balaban J connectivity index is 1.68. The molecular weight excluding hydrogens is 475 g/mol. The molecule has 0 radical (unpaired) electrons. The molecule has 0 amide bonds. The van der Waals surface area contributed by atoms with Crippen molar-refractivity contribution in [2.45, 2.75) is 32.9 Å². The number of anilines is 1. The number of rotatable bonds is 5. The molecule has 0 bridgehead atoms. The minimum atomic E-state index is -0.974. The lowest BCUT2D eigenvalue weighted by molar-refractivity contribution is 0.0697. The van der Waals surface area contributed by atoms with Gasteiger partial charge in [-0.25, -0.2) is 9.18 Å². The summed E-state index contributed by atoms with van der Waals surface area (Å²) in [5, 5.41) is 13.5. The van der Waals surface area contributed by atoms with Gasteiger partial charge in [-0.05, 0) is 98.7 Å². The summed E-state index contributed by atoms with van der Waals surface area (Å²) in [6.45, 7) is 5.74. The van der Waals surface area contributed by atoms with E-state index < -0.39 is 5.97 Å². The summed E-state index contributed by atoms with van der Waals surface area (Å²) >= 11 is 5.80. The predicted molar refractivity (Wildman–Crippen MR) is 141 cm³/mol. The summed E-state index contributed by atoms with van der Waals surface area (Å²) in [7, 11) is 0. The lowest BCUT2D eigenvalue weighted by Crippen LogP contribution is -2.29. The molecule has 36 heavy (non-hydrogen) atoms. The molecule has 8 heteroatoms. The van der Waals surface area contributed by atoms with Crippen LogP contribution in [0.4, 0.5) is 10.1 Å². The predicted octanol–water partition coefficient (Wildman–Crippen LogP) is 5.81. The molecule has 0 saturated carbocycles. The molecule has 4 aromatic rings. The van der Waals surface area contributed by atoms with Gasteiger partial charge < -0.3 is 19.9 Å². The van der Waals surface area contributed by atoms with E-state index in [0.717, 1.165) is 34.0 Å². The van der Waals surface area contributed by atoms with E-state index in [0.29, 0.717) is 10.7 Å². The van der Waals surface area contributed by atoms with Crippen LogP contribution in [0.5, 0.6) is 0 Å². The maximum Gasteiger partial charge on any atom is 0.335 e. The minimum Gasteiger partial charge on any atom is -0.478 e. The van der Waals surface area contributed by atoms with Gasteiger partial charge in [0.05, 0.1) is 23.3 Å². The molecule has 3 heterocycles. The van der Waals surface area contributed by atoms with Gasteiger partial charge in [-0.2, -0.15) is 0 Å². The molecule has 0 spiro atoms. The summed E-state index contributed by atoms with van der Waals surface area (Å²) in [5.41, 5.74) is 6.07. The first-order valence-corrected chi connectivity index (χ1v) is 12.0. The quantitative estimate of drug-likeness (QED) is 0.337. The third-order valence-electron chi connectivity index (χ3n) is 6.66. The number of nitrogens with zero attached hydrogens (tertiary/aromatic N) is 3. The van der Waals surface area contributed by atoms with Crippen LogP contribution in [0.2, 0.25) is 0 Å². The van der Waals surface area contributed by atoms with Crippen molar-refractivity contribution >= 4 is 29.0 Å². The molecule has 2 aromatic heterocycles. The van der Waals surface area contributed by atoms with Crippen LogP contribution in [0.1, 0.15) is 50.7 Å². The van der Waals surface area contributed by atoms with Crippen LogP contribution >= 0.6 is 12.2 Å². The number of benzene rings is 2. The number of halogens is 1. The van der Waals surface area contributed by atoms with Crippen molar-refractivity contribution < 1.29 is 14.3 Å². The highest BCUT2D eigenvalue weighted by atomic mass is 32.1. The van der Waals surface area contributed by atoms with E-state index in [9.17, 15) is 14.3 Å². The van der Waals surface area contributed by atoms with Gasteiger partial charge in [0.2, 0.25) is 0 Å². The normalized spacial score (nSPS) is 17.3. The number of nitrogens with one attached hydrogen (secondary N) is 1. The zero-order valence-corrected chi connectivity index (χ0v) is 20.9. The topological polar surface area (TPSA) is 70.4 Å². The standard InChI is InChI=1S/C28H25FN4O2S/c1-16-13-21(10-11-23(16)29)33-26(25(31-28(33)36)24-9-4-5-12-30-24)22-14-17(2)32(18(22)3)20-8-6-7-19(15-20)27(34)35/h4-15,25-26H,1-3H3,(H,31,36)(H,34,35)/t25-,26-/m1/s1. The fourth-order valence-corrected chi connectivity index (χ4v) is 5.34. The van der Waals surface area contributed by atoms with Gasteiger partial charge in [-0.15, -0.1) is 0 Å². The summed E-state index contributed by atoms with van der Waals surface area (Å²) < 4.78 is 16.2. The average Bonchev–Trinajstić information content (AvgIpc) is 3.36. The summed E-state index contributed by atoms with van der Waals surface area (Å²) in [6, 6.07) is 19.2. The van der Waals surface area contributed by atoms with Gasteiger partial charge in [-0.1, -0.05) is 12.1 Å². The van der Waals surface area contributed by atoms with Crippen LogP contribution in [0, 0.1) is 26.6 Å². The van der Waals surface area contributed by atoms with E-state index in [1.54, 1.807) is 43.5 Å². The van der Waals surface area contributed by atoms with Crippen molar-refractivity contribution in [3.8, 4) is 5.69 Å². The van der Waals surface area contributed by atoms with Crippen molar-refractivity contribution in [2.24, 2.45) is 0 Å². The van der Waals surface area contributed by atoms with E-state index in [1.165, 1.54) is 6.07 Å². The minimum absolute atomic E-state index is 0.222. The fraction of sp³-hybridized carbons (Fsp3) is 0.179. The summed E-state index contributed by atoms with van der Waals surface area (Å²) in [4.78, 5) is 18.2. The maximum absolute atomic E-state index is 14.1. The molecule has 2 aromatic carbocycles. The largest absolute Gasteiger partial charge is 0.478 e. The SMILES string of the molecule is Cc1cc(N2C(=S)N[C@H](c3ccccn3)[C@H]2c2cc(C)n(-c3cccc(C(=O)O)c3)c2C)ccc1F. The maximum atomic E-state index is 14.1. The highest BCUT2D eigenvalue weighted by Gasteiger charge is 2.42. The van der Waals surface area contributed by atoms with Gasteiger partial charge in [0.1, 0.15) is 5.82 Å². The number of aryl methyl sites for hydroxylation is 2. The number of pyridine rings is 1. The van der Waals surface area contributed by atoms with Crippen molar-refractivity contribution in [1.82, 2.24) is 14.9 Å². The highest BCUT2D eigenvalue weighted by Crippen LogP contribution is 2.44. The van der Waals surface area contributed by atoms with E-state index in [4.69, 9.17) is 12.2 Å². The number of carboxylic acids is 1. The molecule has 5 rings (SSSR count). The number of carboxylic acid groups (broad SMARTS) is 1. The molecule has 6 nitrogen and oxygen atoms in total.